The number of nitro benzene ring substituents is 1. The standard InChI is InChI=1S/C14H21N3O3/c1-9-10(6-5-7-11(9)17(19)20)8-16-13(18)12(15)14(2,3)4/h5-7,12H,8,15H2,1-4H3,(H,16,18)/t12-/m1/s1. The minimum absolute atomic E-state index is 0.0527. The summed E-state index contributed by atoms with van der Waals surface area (Å²) in [5, 5.41) is 13.6. The lowest BCUT2D eigenvalue weighted by Crippen LogP contribution is -2.48. The first-order chi connectivity index (χ1) is 9.14. The average molecular weight is 279 g/mol. The Kier molecular flexibility index (Phi) is 4.83. The maximum Gasteiger partial charge on any atom is 0.272 e. The monoisotopic (exact) mass is 279 g/mol. The topological polar surface area (TPSA) is 98.3 Å². The fraction of sp³-hybridized carbons (Fsp3) is 0.500. The van der Waals surface area contributed by atoms with Crippen LogP contribution in [0.5, 0.6) is 0 Å². The van der Waals surface area contributed by atoms with E-state index >= 15 is 0 Å². The molecule has 0 bridgehead atoms. The zero-order valence-corrected chi connectivity index (χ0v) is 12.3. The van der Waals surface area contributed by atoms with Crippen molar-refractivity contribution in [3.05, 3.63) is 39.4 Å². The molecular weight excluding hydrogens is 258 g/mol. The van der Waals surface area contributed by atoms with Gasteiger partial charge in [0.1, 0.15) is 0 Å². The summed E-state index contributed by atoms with van der Waals surface area (Å²) >= 11 is 0. The highest BCUT2D eigenvalue weighted by Crippen LogP contribution is 2.21. The Bertz CT molecular complexity index is 521. The summed E-state index contributed by atoms with van der Waals surface area (Å²) < 4.78 is 0. The fourth-order valence-corrected chi connectivity index (χ4v) is 1.74. The van der Waals surface area contributed by atoms with Gasteiger partial charge in [-0.2, -0.15) is 0 Å². The molecule has 1 aromatic carbocycles. The van der Waals surface area contributed by atoms with Crippen LogP contribution in [0.2, 0.25) is 0 Å². The third-order valence-corrected chi connectivity index (χ3v) is 3.28. The summed E-state index contributed by atoms with van der Waals surface area (Å²) in [5.41, 5.74) is 6.85. The van der Waals surface area contributed by atoms with Crippen molar-refractivity contribution >= 4 is 11.6 Å². The van der Waals surface area contributed by atoms with Crippen LogP contribution < -0.4 is 11.1 Å². The largest absolute Gasteiger partial charge is 0.351 e. The van der Waals surface area contributed by atoms with E-state index in [1.54, 1.807) is 19.1 Å². The Balaban J connectivity index is 2.79. The smallest absolute Gasteiger partial charge is 0.272 e. The number of hydrogen-bond donors (Lipinski definition) is 2. The third-order valence-electron chi connectivity index (χ3n) is 3.28. The average Bonchev–Trinajstić information content (AvgIpc) is 2.34. The highest BCUT2D eigenvalue weighted by Gasteiger charge is 2.27. The van der Waals surface area contributed by atoms with Gasteiger partial charge in [-0.05, 0) is 17.9 Å². The molecule has 0 aliphatic heterocycles. The van der Waals surface area contributed by atoms with Crippen molar-refractivity contribution in [3.63, 3.8) is 0 Å². The number of carbonyl (C=O) groups is 1. The molecule has 20 heavy (non-hydrogen) atoms. The molecule has 0 spiro atoms. The molecule has 0 unspecified atom stereocenters. The first-order valence-electron chi connectivity index (χ1n) is 6.40. The molecule has 3 N–H and O–H groups in total. The Morgan fingerprint density at radius 1 is 1.45 bits per heavy atom. The summed E-state index contributed by atoms with van der Waals surface area (Å²) in [5.74, 6) is -0.261. The van der Waals surface area contributed by atoms with Gasteiger partial charge in [0.15, 0.2) is 0 Å². The SMILES string of the molecule is Cc1c(CNC(=O)[C@@H](N)C(C)(C)C)cccc1[N+](=O)[O-]. The van der Waals surface area contributed by atoms with Gasteiger partial charge in [0.2, 0.25) is 5.91 Å². The quantitative estimate of drug-likeness (QED) is 0.649. The number of benzene rings is 1. The summed E-state index contributed by atoms with van der Waals surface area (Å²) in [7, 11) is 0. The second-order valence-corrected chi connectivity index (χ2v) is 5.88. The van der Waals surface area contributed by atoms with Gasteiger partial charge in [0.05, 0.1) is 11.0 Å². The van der Waals surface area contributed by atoms with Crippen molar-refractivity contribution < 1.29 is 9.72 Å². The molecule has 0 heterocycles. The lowest BCUT2D eigenvalue weighted by molar-refractivity contribution is -0.385. The number of rotatable bonds is 4. The van der Waals surface area contributed by atoms with Crippen LogP contribution in [-0.2, 0) is 11.3 Å². The first-order valence-corrected chi connectivity index (χ1v) is 6.40. The van der Waals surface area contributed by atoms with Gasteiger partial charge in [-0.25, -0.2) is 0 Å². The van der Waals surface area contributed by atoms with Gasteiger partial charge in [-0.3, -0.25) is 14.9 Å². The van der Waals surface area contributed by atoms with Crippen LogP contribution in [0.1, 0.15) is 31.9 Å². The summed E-state index contributed by atoms with van der Waals surface area (Å²) in [6, 6.07) is 4.19. The molecule has 6 nitrogen and oxygen atoms in total. The lowest BCUT2D eigenvalue weighted by Gasteiger charge is -2.25. The number of hydrogen-bond acceptors (Lipinski definition) is 4. The van der Waals surface area contributed by atoms with E-state index in [-0.39, 0.29) is 23.6 Å². The van der Waals surface area contributed by atoms with Crippen LogP contribution in [0.4, 0.5) is 5.69 Å². The Morgan fingerprint density at radius 2 is 2.05 bits per heavy atom. The van der Waals surface area contributed by atoms with Crippen LogP contribution in [0.3, 0.4) is 0 Å². The van der Waals surface area contributed by atoms with Crippen molar-refractivity contribution in [2.24, 2.45) is 11.1 Å². The van der Waals surface area contributed by atoms with E-state index < -0.39 is 11.0 Å². The van der Waals surface area contributed by atoms with Gasteiger partial charge < -0.3 is 11.1 Å². The van der Waals surface area contributed by atoms with Crippen molar-refractivity contribution in [2.45, 2.75) is 40.3 Å². The molecule has 0 aliphatic rings. The number of nitro groups is 1. The molecule has 0 saturated carbocycles. The Labute approximate surface area is 118 Å². The second kappa shape index (κ2) is 6.00. The second-order valence-electron chi connectivity index (χ2n) is 5.88. The van der Waals surface area contributed by atoms with E-state index in [4.69, 9.17) is 5.73 Å². The number of amides is 1. The molecule has 1 atom stereocenters. The molecule has 0 aliphatic carbocycles. The maximum absolute atomic E-state index is 11.9. The molecule has 1 aromatic rings. The molecule has 1 amide bonds. The zero-order chi connectivity index (χ0) is 15.5. The fourth-order valence-electron chi connectivity index (χ4n) is 1.74. The zero-order valence-electron chi connectivity index (χ0n) is 12.3. The Morgan fingerprint density at radius 3 is 2.55 bits per heavy atom. The summed E-state index contributed by atoms with van der Waals surface area (Å²) in [6.45, 7) is 7.56. The molecule has 0 fully saturated rings. The van der Waals surface area contributed by atoms with Crippen LogP contribution in [0.15, 0.2) is 18.2 Å². The molecule has 0 aromatic heterocycles. The van der Waals surface area contributed by atoms with E-state index in [9.17, 15) is 14.9 Å². The van der Waals surface area contributed by atoms with E-state index in [1.807, 2.05) is 20.8 Å². The molecular formula is C14H21N3O3. The van der Waals surface area contributed by atoms with Gasteiger partial charge in [-0.1, -0.05) is 32.9 Å². The van der Waals surface area contributed by atoms with Crippen LogP contribution in [-0.4, -0.2) is 16.9 Å². The molecule has 110 valence electrons. The maximum atomic E-state index is 11.9. The van der Waals surface area contributed by atoms with E-state index in [2.05, 4.69) is 5.32 Å². The van der Waals surface area contributed by atoms with Crippen molar-refractivity contribution in [1.82, 2.24) is 5.32 Å². The van der Waals surface area contributed by atoms with Crippen LogP contribution >= 0.6 is 0 Å². The normalized spacial score (nSPS) is 12.8. The van der Waals surface area contributed by atoms with Gasteiger partial charge >= 0.3 is 0 Å². The highest BCUT2D eigenvalue weighted by atomic mass is 16.6. The lowest BCUT2D eigenvalue weighted by atomic mass is 9.87. The molecule has 6 heteroatoms. The molecule has 0 radical (unpaired) electrons. The van der Waals surface area contributed by atoms with Crippen molar-refractivity contribution in [3.8, 4) is 0 Å². The van der Waals surface area contributed by atoms with Crippen LogP contribution in [0.25, 0.3) is 0 Å². The van der Waals surface area contributed by atoms with Crippen molar-refractivity contribution in [2.75, 3.05) is 0 Å². The van der Waals surface area contributed by atoms with Gasteiger partial charge in [-0.15, -0.1) is 0 Å². The number of nitrogens with two attached hydrogens (primary N) is 1. The van der Waals surface area contributed by atoms with E-state index in [0.717, 1.165) is 0 Å². The minimum Gasteiger partial charge on any atom is -0.351 e. The predicted octanol–water partition coefficient (Wildman–Crippen LogP) is 1.89. The molecule has 0 saturated heterocycles. The summed E-state index contributed by atoms with van der Waals surface area (Å²) in [6.07, 6.45) is 0. The third kappa shape index (κ3) is 3.77. The predicted molar refractivity (Wildman–Crippen MR) is 77.1 cm³/mol. The van der Waals surface area contributed by atoms with Gasteiger partial charge in [0, 0.05) is 18.2 Å². The van der Waals surface area contributed by atoms with Crippen molar-refractivity contribution in [1.29, 1.82) is 0 Å². The van der Waals surface area contributed by atoms with Gasteiger partial charge in [0.25, 0.3) is 5.69 Å². The minimum atomic E-state index is -0.624. The molecule has 1 rings (SSSR count). The number of nitrogens with zero attached hydrogens (tertiary/aromatic N) is 1. The van der Waals surface area contributed by atoms with Crippen LogP contribution in [0, 0.1) is 22.5 Å². The van der Waals surface area contributed by atoms with E-state index in [1.165, 1.54) is 6.07 Å². The number of nitrogens with one attached hydrogen (secondary N) is 1. The number of carbonyl (C=O) groups excluding carboxylic acids is 1. The van der Waals surface area contributed by atoms with E-state index in [0.29, 0.717) is 11.1 Å². The first kappa shape index (κ1) is 16.1. The highest BCUT2D eigenvalue weighted by molar-refractivity contribution is 5.82. The Hall–Kier alpha value is -1.95. The summed E-state index contributed by atoms with van der Waals surface area (Å²) in [4.78, 5) is 22.3.